The Morgan fingerprint density at radius 2 is 2.04 bits per heavy atom. The van der Waals surface area contributed by atoms with Crippen LogP contribution in [0.5, 0.6) is 5.88 Å². The molecule has 0 unspecified atom stereocenters. The summed E-state index contributed by atoms with van der Waals surface area (Å²) in [5.74, 6) is 0.281. The number of nitrogens with zero attached hydrogens (tertiary/aromatic N) is 4. The number of hydrogen-bond donors (Lipinski definition) is 0. The van der Waals surface area contributed by atoms with Crippen molar-refractivity contribution in [3.8, 4) is 11.9 Å². The molecule has 28 heavy (non-hydrogen) atoms. The zero-order chi connectivity index (χ0) is 19.3. The van der Waals surface area contributed by atoms with Gasteiger partial charge in [0, 0.05) is 17.1 Å². The van der Waals surface area contributed by atoms with E-state index in [4.69, 9.17) is 10.00 Å². The molecule has 3 aromatic rings. The number of anilines is 1. The maximum absolute atomic E-state index is 12.8. The van der Waals surface area contributed by atoms with Crippen molar-refractivity contribution in [1.29, 1.82) is 5.26 Å². The van der Waals surface area contributed by atoms with Gasteiger partial charge in [0.2, 0.25) is 5.88 Å². The van der Waals surface area contributed by atoms with Crippen molar-refractivity contribution in [1.82, 2.24) is 9.97 Å². The molecular formula is C21H20N4O2S. The Hall–Kier alpha value is -2.98. The second kappa shape index (κ2) is 8.36. The highest BCUT2D eigenvalue weighted by molar-refractivity contribution is 7.18. The first-order valence-corrected chi connectivity index (χ1v) is 10.2. The smallest absolute Gasteiger partial charge is 0.265 e. The summed E-state index contributed by atoms with van der Waals surface area (Å²) in [6.45, 7) is 0.201. The number of fused-ring (bicyclic) bond motifs is 3. The number of rotatable bonds is 6. The molecule has 0 aliphatic heterocycles. The summed E-state index contributed by atoms with van der Waals surface area (Å²) in [6, 6.07) is 11.4. The third kappa shape index (κ3) is 3.69. The van der Waals surface area contributed by atoms with E-state index in [1.807, 2.05) is 30.3 Å². The molecule has 0 N–H and O–H groups in total. The average molecular weight is 392 g/mol. The molecule has 1 aliphatic rings. The lowest BCUT2D eigenvalue weighted by atomic mass is 9.97. The molecule has 0 saturated heterocycles. The number of benzene rings is 1. The molecule has 2 heterocycles. The van der Waals surface area contributed by atoms with Gasteiger partial charge in [-0.1, -0.05) is 18.2 Å². The molecule has 0 fully saturated rings. The van der Waals surface area contributed by atoms with E-state index in [0.29, 0.717) is 12.4 Å². The first-order valence-electron chi connectivity index (χ1n) is 9.38. The van der Waals surface area contributed by atoms with Crippen molar-refractivity contribution >= 4 is 33.1 Å². The summed E-state index contributed by atoms with van der Waals surface area (Å²) in [5.41, 5.74) is 2.03. The summed E-state index contributed by atoms with van der Waals surface area (Å²) in [6.07, 6.45) is 6.19. The summed E-state index contributed by atoms with van der Waals surface area (Å²) in [7, 11) is 0. The van der Waals surface area contributed by atoms with Gasteiger partial charge < -0.3 is 9.64 Å². The average Bonchev–Trinajstić information content (AvgIpc) is 3.12. The number of nitriles is 1. The Kier molecular flexibility index (Phi) is 5.49. The fourth-order valence-corrected chi connectivity index (χ4v) is 4.77. The topological polar surface area (TPSA) is 79.1 Å². The van der Waals surface area contributed by atoms with E-state index >= 15 is 0 Å². The molecule has 0 saturated carbocycles. The standard InChI is InChI=1S/C21H20N4O2S/c22-11-6-12-25(15-7-2-1-3-8-15)18(26)13-27-20-19-16-9-4-5-10-17(16)28-21(19)24-14-23-20/h1-3,7-8,14H,4-6,9-10,12-13H2. The lowest BCUT2D eigenvalue weighted by Crippen LogP contribution is -2.35. The van der Waals surface area contributed by atoms with Crippen molar-refractivity contribution in [2.24, 2.45) is 0 Å². The maximum atomic E-state index is 12.8. The number of carbonyl (C=O) groups is 1. The number of aryl methyl sites for hydroxylation is 2. The number of ether oxygens (including phenoxy) is 1. The largest absolute Gasteiger partial charge is 0.467 e. The molecule has 2 aromatic heterocycles. The molecule has 0 atom stereocenters. The molecule has 0 bridgehead atoms. The van der Waals surface area contributed by atoms with E-state index in [2.05, 4.69) is 16.0 Å². The lowest BCUT2D eigenvalue weighted by molar-refractivity contribution is -0.120. The molecule has 6 nitrogen and oxygen atoms in total. The molecule has 1 aromatic carbocycles. The fraction of sp³-hybridized carbons (Fsp3) is 0.333. The third-order valence-corrected chi connectivity index (χ3v) is 6.06. The van der Waals surface area contributed by atoms with E-state index in [1.165, 1.54) is 23.2 Å². The van der Waals surface area contributed by atoms with Crippen LogP contribution in [0.3, 0.4) is 0 Å². The molecule has 7 heteroatoms. The molecule has 0 spiro atoms. The van der Waals surface area contributed by atoms with Gasteiger partial charge in [-0.15, -0.1) is 11.3 Å². The number of para-hydroxylation sites is 1. The Morgan fingerprint density at radius 3 is 2.86 bits per heavy atom. The van der Waals surface area contributed by atoms with E-state index in [-0.39, 0.29) is 18.9 Å². The Labute approximate surface area is 167 Å². The number of amides is 1. The van der Waals surface area contributed by atoms with E-state index in [9.17, 15) is 4.79 Å². The van der Waals surface area contributed by atoms with Crippen LogP contribution in [0.4, 0.5) is 5.69 Å². The van der Waals surface area contributed by atoms with Crippen LogP contribution in [0.1, 0.15) is 29.7 Å². The second-order valence-corrected chi connectivity index (χ2v) is 7.73. The summed E-state index contributed by atoms with van der Waals surface area (Å²) in [5, 5.41) is 9.88. The van der Waals surface area contributed by atoms with Crippen LogP contribution in [-0.2, 0) is 17.6 Å². The van der Waals surface area contributed by atoms with Crippen LogP contribution in [0.25, 0.3) is 10.2 Å². The number of carbonyl (C=O) groups excluding carboxylic acids is 1. The summed E-state index contributed by atoms with van der Waals surface area (Å²) >= 11 is 1.70. The van der Waals surface area contributed by atoms with Gasteiger partial charge in [-0.25, -0.2) is 9.97 Å². The van der Waals surface area contributed by atoms with Crippen molar-refractivity contribution in [3.05, 3.63) is 47.1 Å². The number of hydrogen-bond acceptors (Lipinski definition) is 6. The first-order chi connectivity index (χ1) is 13.8. The zero-order valence-corrected chi connectivity index (χ0v) is 16.2. The quantitative estimate of drug-likeness (QED) is 0.636. The molecular weight excluding hydrogens is 372 g/mol. The highest BCUT2D eigenvalue weighted by atomic mass is 32.1. The third-order valence-electron chi connectivity index (χ3n) is 4.87. The number of thiophene rings is 1. The van der Waals surface area contributed by atoms with Gasteiger partial charge in [0.25, 0.3) is 5.91 Å². The predicted molar refractivity (Wildman–Crippen MR) is 109 cm³/mol. The minimum absolute atomic E-state index is 0.128. The van der Waals surface area contributed by atoms with Crippen LogP contribution in [0.2, 0.25) is 0 Å². The van der Waals surface area contributed by atoms with Crippen molar-refractivity contribution in [3.63, 3.8) is 0 Å². The monoisotopic (exact) mass is 392 g/mol. The molecule has 1 amide bonds. The number of aromatic nitrogens is 2. The van der Waals surface area contributed by atoms with Crippen LogP contribution < -0.4 is 9.64 Å². The van der Waals surface area contributed by atoms with Crippen LogP contribution in [0.15, 0.2) is 36.7 Å². The van der Waals surface area contributed by atoms with Gasteiger partial charge >= 0.3 is 0 Å². The van der Waals surface area contributed by atoms with E-state index in [0.717, 1.165) is 35.2 Å². The Bertz CT molecular complexity index is 1030. The van der Waals surface area contributed by atoms with Crippen molar-refractivity contribution < 1.29 is 9.53 Å². The van der Waals surface area contributed by atoms with Gasteiger partial charge in [-0.05, 0) is 43.4 Å². The van der Waals surface area contributed by atoms with Gasteiger partial charge in [-0.2, -0.15) is 5.26 Å². The molecule has 0 radical (unpaired) electrons. The van der Waals surface area contributed by atoms with Gasteiger partial charge in [0.15, 0.2) is 6.61 Å². The van der Waals surface area contributed by atoms with E-state index in [1.54, 1.807) is 16.2 Å². The first kappa shape index (κ1) is 18.4. The van der Waals surface area contributed by atoms with Crippen LogP contribution in [0, 0.1) is 11.3 Å². The fourth-order valence-electron chi connectivity index (χ4n) is 3.55. The molecule has 1 aliphatic carbocycles. The predicted octanol–water partition coefficient (Wildman–Crippen LogP) is 3.90. The highest BCUT2D eigenvalue weighted by Gasteiger charge is 2.22. The molecule has 4 rings (SSSR count). The normalized spacial score (nSPS) is 13.0. The van der Waals surface area contributed by atoms with Crippen molar-refractivity contribution in [2.45, 2.75) is 32.1 Å². The lowest BCUT2D eigenvalue weighted by Gasteiger charge is -2.21. The van der Waals surface area contributed by atoms with Crippen LogP contribution in [-0.4, -0.2) is 29.0 Å². The second-order valence-electron chi connectivity index (χ2n) is 6.65. The summed E-state index contributed by atoms with van der Waals surface area (Å²) < 4.78 is 5.87. The summed E-state index contributed by atoms with van der Waals surface area (Å²) in [4.78, 5) is 25.4. The minimum Gasteiger partial charge on any atom is -0.467 e. The Morgan fingerprint density at radius 1 is 1.21 bits per heavy atom. The van der Waals surface area contributed by atoms with Crippen molar-refractivity contribution in [2.75, 3.05) is 18.1 Å². The van der Waals surface area contributed by atoms with Gasteiger partial charge in [-0.3, -0.25) is 4.79 Å². The van der Waals surface area contributed by atoms with Gasteiger partial charge in [0.1, 0.15) is 11.2 Å². The molecule has 142 valence electrons. The highest BCUT2D eigenvalue weighted by Crippen LogP contribution is 2.38. The zero-order valence-electron chi connectivity index (χ0n) is 15.4. The SMILES string of the molecule is N#CCCN(C(=O)COc1ncnc2sc3c(c12)CCCC3)c1ccccc1. The minimum atomic E-state index is -0.197. The maximum Gasteiger partial charge on any atom is 0.265 e. The van der Waals surface area contributed by atoms with Gasteiger partial charge in [0.05, 0.1) is 17.9 Å². The van der Waals surface area contributed by atoms with Crippen LogP contribution >= 0.6 is 11.3 Å². The van der Waals surface area contributed by atoms with E-state index < -0.39 is 0 Å². The Balaban J connectivity index is 1.55.